The number of hydrogen-bond donors (Lipinski definition) is 2. The molecule has 0 fully saturated rings. The molecule has 2 N–H and O–H groups in total. The van der Waals surface area contributed by atoms with E-state index in [1.807, 2.05) is 12.1 Å². The summed E-state index contributed by atoms with van der Waals surface area (Å²) in [5.74, 6) is 1.76. The molecule has 0 spiro atoms. The van der Waals surface area contributed by atoms with E-state index in [2.05, 4.69) is 39.7 Å². The number of hydrogen-bond acceptors (Lipinski definition) is 5. The Bertz CT molecular complexity index is 619. The van der Waals surface area contributed by atoms with Crippen molar-refractivity contribution in [1.29, 1.82) is 0 Å². The van der Waals surface area contributed by atoms with Gasteiger partial charge >= 0.3 is 0 Å². The zero-order chi connectivity index (χ0) is 15.9. The zero-order valence-corrected chi connectivity index (χ0v) is 14.1. The Kier molecular flexibility index (Phi) is 6.21. The smallest absolute Gasteiger partial charge is 0.244 e. The normalized spacial score (nSPS) is 10.8. The summed E-state index contributed by atoms with van der Waals surface area (Å²) in [6.07, 6.45) is 2.37. The number of nitrogens with zero attached hydrogens (tertiary/aromatic N) is 3. The predicted molar refractivity (Wildman–Crippen MR) is 91.8 cm³/mol. The molecule has 5 nitrogen and oxygen atoms in total. The van der Waals surface area contributed by atoms with Gasteiger partial charge in [-0.2, -0.15) is 10.1 Å². The van der Waals surface area contributed by atoms with Crippen LogP contribution in [0.15, 0.2) is 24.4 Å². The van der Waals surface area contributed by atoms with Crippen LogP contribution in [0.1, 0.15) is 19.4 Å². The molecule has 1 heterocycles. The van der Waals surface area contributed by atoms with E-state index in [1.54, 1.807) is 12.3 Å². The SMILES string of the molecule is CC(C)CNc1cnnc(NCCc2ccc(Cl)cc2Cl)n1. The van der Waals surface area contributed by atoms with Crippen molar-refractivity contribution in [3.8, 4) is 0 Å². The number of rotatable bonds is 7. The van der Waals surface area contributed by atoms with Crippen LogP contribution in [0, 0.1) is 5.92 Å². The first-order valence-corrected chi connectivity index (χ1v) is 7.91. The first kappa shape index (κ1) is 16.8. The minimum Gasteiger partial charge on any atom is -0.368 e. The summed E-state index contributed by atoms with van der Waals surface area (Å²) in [4.78, 5) is 4.36. The molecular formula is C15H19Cl2N5. The van der Waals surface area contributed by atoms with Gasteiger partial charge in [-0.3, -0.25) is 0 Å². The number of nitrogens with one attached hydrogen (secondary N) is 2. The fourth-order valence-corrected chi connectivity index (χ4v) is 2.31. The molecule has 0 unspecified atom stereocenters. The zero-order valence-electron chi connectivity index (χ0n) is 12.6. The Morgan fingerprint density at radius 1 is 1.18 bits per heavy atom. The molecule has 0 aliphatic rings. The fourth-order valence-electron chi connectivity index (χ4n) is 1.81. The van der Waals surface area contributed by atoms with Gasteiger partial charge in [0.25, 0.3) is 0 Å². The van der Waals surface area contributed by atoms with Crippen LogP contribution in [0.4, 0.5) is 11.8 Å². The van der Waals surface area contributed by atoms with Crippen LogP contribution in [-0.4, -0.2) is 28.3 Å². The molecule has 118 valence electrons. The van der Waals surface area contributed by atoms with Crippen LogP contribution in [0.5, 0.6) is 0 Å². The van der Waals surface area contributed by atoms with Gasteiger partial charge in [0.05, 0.1) is 6.20 Å². The lowest BCUT2D eigenvalue weighted by Gasteiger charge is -2.09. The Hall–Kier alpha value is -1.59. The van der Waals surface area contributed by atoms with Crippen LogP contribution in [-0.2, 0) is 6.42 Å². The summed E-state index contributed by atoms with van der Waals surface area (Å²) < 4.78 is 0. The Balaban J connectivity index is 1.87. The van der Waals surface area contributed by atoms with Crippen molar-refractivity contribution in [2.75, 3.05) is 23.7 Å². The minimum absolute atomic E-state index is 0.499. The van der Waals surface area contributed by atoms with Crippen molar-refractivity contribution in [3.05, 3.63) is 40.0 Å². The maximum atomic E-state index is 6.14. The summed E-state index contributed by atoms with van der Waals surface area (Å²) in [6.45, 7) is 5.78. The van der Waals surface area contributed by atoms with Crippen LogP contribution in [0.3, 0.4) is 0 Å². The monoisotopic (exact) mass is 339 g/mol. The minimum atomic E-state index is 0.499. The lowest BCUT2D eigenvalue weighted by molar-refractivity contribution is 0.686. The molecule has 0 amide bonds. The third kappa shape index (κ3) is 5.31. The van der Waals surface area contributed by atoms with Crippen molar-refractivity contribution >= 4 is 35.0 Å². The second kappa shape index (κ2) is 8.15. The predicted octanol–water partition coefficient (Wildman–Crippen LogP) is 3.90. The topological polar surface area (TPSA) is 62.7 Å². The maximum absolute atomic E-state index is 6.14. The molecule has 0 saturated carbocycles. The highest BCUT2D eigenvalue weighted by atomic mass is 35.5. The van der Waals surface area contributed by atoms with E-state index in [1.165, 1.54) is 0 Å². The maximum Gasteiger partial charge on any atom is 0.244 e. The molecule has 0 radical (unpaired) electrons. The third-order valence-corrected chi connectivity index (χ3v) is 3.53. The summed E-state index contributed by atoms with van der Waals surface area (Å²) in [5, 5.41) is 15.6. The van der Waals surface area contributed by atoms with E-state index in [0.717, 1.165) is 24.3 Å². The molecule has 1 aromatic heterocycles. The van der Waals surface area contributed by atoms with Crippen molar-refractivity contribution in [3.63, 3.8) is 0 Å². The van der Waals surface area contributed by atoms with Crippen LogP contribution < -0.4 is 10.6 Å². The van der Waals surface area contributed by atoms with Crippen molar-refractivity contribution in [2.45, 2.75) is 20.3 Å². The first-order valence-electron chi connectivity index (χ1n) is 7.16. The molecule has 1 aromatic carbocycles. The van der Waals surface area contributed by atoms with E-state index in [0.29, 0.717) is 28.5 Å². The summed E-state index contributed by atoms with van der Waals surface area (Å²) in [6, 6.07) is 5.50. The number of benzene rings is 1. The highest BCUT2D eigenvalue weighted by Crippen LogP contribution is 2.21. The van der Waals surface area contributed by atoms with Gasteiger partial charge in [0.15, 0.2) is 5.82 Å². The van der Waals surface area contributed by atoms with Gasteiger partial charge in [-0.05, 0) is 30.0 Å². The fraction of sp³-hybridized carbons (Fsp3) is 0.400. The summed E-state index contributed by atoms with van der Waals surface area (Å²) in [7, 11) is 0. The van der Waals surface area contributed by atoms with Crippen LogP contribution in [0.2, 0.25) is 10.0 Å². The van der Waals surface area contributed by atoms with Gasteiger partial charge in [0, 0.05) is 23.1 Å². The average Bonchev–Trinajstić information content (AvgIpc) is 2.48. The van der Waals surface area contributed by atoms with E-state index >= 15 is 0 Å². The number of halogens is 2. The molecule has 0 atom stereocenters. The molecule has 0 saturated heterocycles. The Morgan fingerprint density at radius 2 is 2.00 bits per heavy atom. The van der Waals surface area contributed by atoms with Gasteiger partial charge in [-0.15, -0.1) is 5.10 Å². The van der Waals surface area contributed by atoms with Crippen molar-refractivity contribution < 1.29 is 0 Å². The molecule has 7 heteroatoms. The van der Waals surface area contributed by atoms with Crippen molar-refractivity contribution in [1.82, 2.24) is 15.2 Å². The average molecular weight is 340 g/mol. The molecule has 0 aliphatic heterocycles. The van der Waals surface area contributed by atoms with E-state index in [-0.39, 0.29) is 0 Å². The first-order chi connectivity index (χ1) is 10.5. The second-order valence-corrected chi connectivity index (χ2v) is 6.20. The lowest BCUT2D eigenvalue weighted by atomic mass is 10.1. The molecule has 2 rings (SSSR count). The standard InChI is InChI=1S/C15H19Cl2N5/c1-10(2)8-19-14-9-20-22-15(21-14)18-6-5-11-3-4-12(16)7-13(11)17/h3-4,7,9-10H,5-6,8H2,1-2H3,(H2,18,19,21,22). The summed E-state index contributed by atoms with van der Waals surface area (Å²) in [5.41, 5.74) is 1.03. The van der Waals surface area contributed by atoms with Gasteiger partial charge in [0.1, 0.15) is 0 Å². The number of aromatic nitrogens is 3. The Morgan fingerprint density at radius 3 is 2.73 bits per heavy atom. The highest BCUT2D eigenvalue weighted by molar-refractivity contribution is 6.35. The largest absolute Gasteiger partial charge is 0.368 e. The molecule has 0 bridgehead atoms. The van der Waals surface area contributed by atoms with Crippen LogP contribution >= 0.6 is 23.2 Å². The summed E-state index contributed by atoms with van der Waals surface area (Å²) >= 11 is 12.0. The molecule has 0 aliphatic carbocycles. The van der Waals surface area contributed by atoms with E-state index in [4.69, 9.17) is 23.2 Å². The third-order valence-electron chi connectivity index (χ3n) is 2.94. The van der Waals surface area contributed by atoms with Gasteiger partial charge < -0.3 is 10.6 Å². The number of anilines is 2. The molecular weight excluding hydrogens is 321 g/mol. The molecule has 22 heavy (non-hydrogen) atoms. The Labute approximate surface area is 140 Å². The van der Waals surface area contributed by atoms with Gasteiger partial charge in [-0.25, -0.2) is 0 Å². The lowest BCUT2D eigenvalue weighted by Crippen LogP contribution is -2.13. The van der Waals surface area contributed by atoms with Gasteiger partial charge in [-0.1, -0.05) is 43.1 Å². The van der Waals surface area contributed by atoms with Crippen LogP contribution in [0.25, 0.3) is 0 Å². The molecule has 2 aromatic rings. The van der Waals surface area contributed by atoms with Gasteiger partial charge in [0.2, 0.25) is 5.95 Å². The van der Waals surface area contributed by atoms with E-state index < -0.39 is 0 Å². The van der Waals surface area contributed by atoms with Crippen molar-refractivity contribution in [2.24, 2.45) is 5.92 Å². The second-order valence-electron chi connectivity index (χ2n) is 5.35. The van der Waals surface area contributed by atoms with E-state index in [9.17, 15) is 0 Å². The quantitative estimate of drug-likeness (QED) is 0.800. The highest BCUT2D eigenvalue weighted by Gasteiger charge is 2.04.